The van der Waals surface area contributed by atoms with Gasteiger partial charge in [-0.25, -0.2) is 0 Å². The number of rotatable bonds is 3. The number of morpholine rings is 1. The van der Waals surface area contributed by atoms with Crippen molar-refractivity contribution in [2.24, 2.45) is 0 Å². The molecule has 1 fully saturated rings. The summed E-state index contributed by atoms with van der Waals surface area (Å²) in [6.45, 7) is 9.63. The lowest BCUT2D eigenvalue weighted by molar-refractivity contribution is 0.0743. The standard InChI is InChI=1S/C15H21NO3P/c1-12-4-6-14(18-12)20(3,15-7-5-13(2)19-15)16-8-10-17-11-9-16/h4-7H,8-11H2,1-3H3/q+1. The van der Waals surface area contributed by atoms with Crippen molar-refractivity contribution in [3.8, 4) is 0 Å². The van der Waals surface area contributed by atoms with Crippen LogP contribution in [0, 0.1) is 13.8 Å². The molecule has 1 aliphatic heterocycles. The Morgan fingerprint density at radius 1 is 0.900 bits per heavy atom. The third-order valence-electron chi connectivity index (χ3n) is 3.86. The first kappa shape index (κ1) is 13.9. The molecule has 0 aliphatic carbocycles. The molecule has 0 atom stereocenters. The summed E-state index contributed by atoms with van der Waals surface area (Å²) in [4.78, 5) is 0. The number of aryl methyl sites for hydroxylation is 2. The number of ether oxygens (including phenoxy) is 1. The summed E-state index contributed by atoms with van der Waals surface area (Å²) < 4.78 is 19.9. The highest BCUT2D eigenvalue weighted by atomic mass is 31.2. The van der Waals surface area contributed by atoms with Gasteiger partial charge in [0, 0.05) is 12.1 Å². The van der Waals surface area contributed by atoms with Gasteiger partial charge in [-0.05, 0) is 26.0 Å². The molecule has 0 N–H and O–H groups in total. The van der Waals surface area contributed by atoms with E-state index in [2.05, 4.69) is 23.5 Å². The first-order valence-electron chi connectivity index (χ1n) is 6.94. The van der Waals surface area contributed by atoms with Crippen LogP contribution in [0.5, 0.6) is 0 Å². The van der Waals surface area contributed by atoms with Crippen molar-refractivity contribution in [3.05, 3.63) is 35.8 Å². The predicted molar refractivity (Wildman–Crippen MR) is 81.4 cm³/mol. The van der Waals surface area contributed by atoms with Crippen LogP contribution in [-0.4, -0.2) is 37.6 Å². The SMILES string of the molecule is Cc1ccc([P+](C)(c2ccc(C)o2)N2CCOCC2)o1. The average Bonchev–Trinajstić information content (AvgIpc) is 3.08. The van der Waals surface area contributed by atoms with Gasteiger partial charge in [0.05, 0.1) is 33.0 Å². The van der Waals surface area contributed by atoms with Crippen molar-refractivity contribution in [3.63, 3.8) is 0 Å². The van der Waals surface area contributed by atoms with E-state index in [4.69, 9.17) is 13.6 Å². The molecule has 0 amide bonds. The summed E-state index contributed by atoms with van der Waals surface area (Å²) in [5.41, 5.74) is 2.07. The number of nitrogens with zero attached hydrogens (tertiary/aromatic N) is 1. The second-order valence-electron chi connectivity index (χ2n) is 5.29. The largest absolute Gasteiger partial charge is 0.430 e. The summed E-state index contributed by atoms with van der Waals surface area (Å²) in [7, 11) is -1.79. The Balaban J connectivity index is 2.06. The summed E-state index contributed by atoms with van der Waals surface area (Å²) >= 11 is 0. The number of furan rings is 2. The molecule has 5 heteroatoms. The second-order valence-corrected chi connectivity index (χ2v) is 8.66. The summed E-state index contributed by atoms with van der Waals surface area (Å²) in [5, 5.41) is 0. The molecule has 2 aromatic heterocycles. The maximum atomic E-state index is 5.97. The monoisotopic (exact) mass is 294 g/mol. The molecule has 2 aromatic rings. The normalized spacial score (nSPS) is 17.6. The third-order valence-corrected chi connectivity index (χ3v) is 7.59. The highest BCUT2D eigenvalue weighted by molar-refractivity contribution is 7.86. The zero-order valence-electron chi connectivity index (χ0n) is 12.3. The first-order valence-corrected chi connectivity index (χ1v) is 9.13. The molecule has 20 heavy (non-hydrogen) atoms. The van der Waals surface area contributed by atoms with Crippen LogP contribution in [0.3, 0.4) is 0 Å². The Labute approximate surface area is 120 Å². The minimum Gasteiger partial charge on any atom is -0.430 e. The highest BCUT2D eigenvalue weighted by Gasteiger charge is 2.51. The van der Waals surface area contributed by atoms with Gasteiger partial charge in [0.1, 0.15) is 11.5 Å². The Morgan fingerprint density at radius 3 is 1.80 bits per heavy atom. The Morgan fingerprint density at radius 2 is 1.40 bits per heavy atom. The van der Waals surface area contributed by atoms with E-state index in [1.807, 2.05) is 26.0 Å². The summed E-state index contributed by atoms with van der Waals surface area (Å²) in [5.74, 6) is 1.89. The quantitative estimate of drug-likeness (QED) is 0.815. The zero-order valence-corrected chi connectivity index (χ0v) is 13.2. The topological polar surface area (TPSA) is 38.8 Å². The molecule has 3 heterocycles. The van der Waals surface area contributed by atoms with Crippen LogP contribution in [0.4, 0.5) is 0 Å². The lowest BCUT2D eigenvalue weighted by Crippen LogP contribution is -2.42. The van der Waals surface area contributed by atoms with E-state index < -0.39 is 7.41 Å². The molecule has 1 saturated heterocycles. The van der Waals surface area contributed by atoms with Gasteiger partial charge in [0.25, 0.3) is 11.0 Å². The highest BCUT2D eigenvalue weighted by Crippen LogP contribution is 2.56. The fourth-order valence-electron chi connectivity index (χ4n) is 2.65. The zero-order chi connectivity index (χ0) is 14.2. The summed E-state index contributed by atoms with van der Waals surface area (Å²) in [6, 6.07) is 8.25. The molecule has 0 bridgehead atoms. The second kappa shape index (κ2) is 5.36. The van der Waals surface area contributed by atoms with Crippen LogP contribution in [0.25, 0.3) is 0 Å². The molecule has 0 radical (unpaired) electrons. The predicted octanol–water partition coefficient (Wildman–Crippen LogP) is 2.33. The van der Waals surface area contributed by atoms with E-state index in [0.29, 0.717) is 0 Å². The Kier molecular flexibility index (Phi) is 3.72. The molecule has 0 spiro atoms. The van der Waals surface area contributed by atoms with Crippen molar-refractivity contribution in [1.29, 1.82) is 0 Å². The lowest BCUT2D eigenvalue weighted by atomic mass is 10.5. The van der Waals surface area contributed by atoms with Crippen LogP contribution < -0.4 is 11.0 Å². The first-order chi connectivity index (χ1) is 9.60. The fraction of sp³-hybridized carbons (Fsp3) is 0.467. The number of hydrogen-bond acceptors (Lipinski definition) is 4. The average molecular weight is 294 g/mol. The molecule has 1 aliphatic rings. The summed E-state index contributed by atoms with van der Waals surface area (Å²) in [6.07, 6.45) is 0. The minimum atomic E-state index is -1.79. The molecule has 3 rings (SSSR count). The van der Waals surface area contributed by atoms with Gasteiger partial charge in [0.15, 0.2) is 0 Å². The van der Waals surface area contributed by atoms with E-state index in [9.17, 15) is 0 Å². The van der Waals surface area contributed by atoms with Gasteiger partial charge < -0.3 is 13.6 Å². The van der Waals surface area contributed by atoms with E-state index in [-0.39, 0.29) is 0 Å². The van der Waals surface area contributed by atoms with Gasteiger partial charge in [-0.1, -0.05) is 0 Å². The van der Waals surface area contributed by atoms with Crippen LogP contribution >= 0.6 is 7.41 Å². The van der Waals surface area contributed by atoms with E-state index in [1.165, 1.54) is 0 Å². The molecule has 4 nitrogen and oxygen atoms in total. The van der Waals surface area contributed by atoms with Gasteiger partial charge in [-0.2, -0.15) is 4.67 Å². The van der Waals surface area contributed by atoms with E-state index >= 15 is 0 Å². The smallest absolute Gasteiger partial charge is 0.272 e. The van der Waals surface area contributed by atoms with Crippen molar-refractivity contribution in [2.45, 2.75) is 13.8 Å². The molecule has 0 saturated carbocycles. The lowest BCUT2D eigenvalue weighted by Gasteiger charge is -2.32. The van der Waals surface area contributed by atoms with Crippen molar-refractivity contribution < 1.29 is 13.6 Å². The van der Waals surface area contributed by atoms with Crippen molar-refractivity contribution in [1.82, 2.24) is 4.67 Å². The van der Waals surface area contributed by atoms with Crippen molar-refractivity contribution >= 4 is 18.4 Å². The van der Waals surface area contributed by atoms with E-state index in [1.54, 1.807) is 0 Å². The van der Waals surface area contributed by atoms with Gasteiger partial charge in [-0.15, -0.1) is 0 Å². The minimum absolute atomic E-state index is 0.773. The molecular weight excluding hydrogens is 273 g/mol. The van der Waals surface area contributed by atoms with Crippen LogP contribution in [-0.2, 0) is 4.74 Å². The Hall–Kier alpha value is -1.09. The van der Waals surface area contributed by atoms with Crippen LogP contribution in [0.1, 0.15) is 11.5 Å². The van der Waals surface area contributed by atoms with Gasteiger partial charge in [0.2, 0.25) is 7.41 Å². The Bertz CT molecular complexity index is 543. The third kappa shape index (κ3) is 2.32. The maximum absolute atomic E-state index is 5.97. The van der Waals surface area contributed by atoms with Gasteiger partial charge in [-0.3, -0.25) is 0 Å². The van der Waals surface area contributed by atoms with Crippen molar-refractivity contribution in [2.75, 3.05) is 33.0 Å². The fourth-order valence-corrected chi connectivity index (χ4v) is 5.76. The van der Waals surface area contributed by atoms with Crippen LogP contribution in [0.2, 0.25) is 0 Å². The maximum Gasteiger partial charge on any atom is 0.272 e. The molecule has 108 valence electrons. The molecular formula is C15H21NO3P+. The molecule has 0 aromatic carbocycles. The van der Waals surface area contributed by atoms with E-state index in [0.717, 1.165) is 48.8 Å². The van der Waals surface area contributed by atoms with Gasteiger partial charge >= 0.3 is 0 Å². The van der Waals surface area contributed by atoms with Crippen LogP contribution in [0.15, 0.2) is 33.1 Å². The molecule has 0 unspecified atom stereocenters. The number of hydrogen-bond donors (Lipinski definition) is 0.